The van der Waals surface area contributed by atoms with Gasteiger partial charge in [-0.3, -0.25) is 14.5 Å². The Hall–Kier alpha value is -2.57. The number of carbonyl (C=O) groups is 2. The van der Waals surface area contributed by atoms with Gasteiger partial charge in [-0.05, 0) is 23.8 Å². The second-order valence-electron chi connectivity index (χ2n) is 6.37. The number of ether oxygens (including phenoxy) is 1. The standard InChI is InChI=1S/C21H20N2O3S/c24-20(22-10-12-26-13-11-22)15-23-17-8-4-5-9-18(17)27-19(21(23)25)14-16-6-2-1-3-7-16/h1-9,14H,10-13,15H2. The van der Waals surface area contributed by atoms with Crippen LogP contribution in [0.4, 0.5) is 5.69 Å². The summed E-state index contributed by atoms with van der Waals surface area (Å²) in [6, 6.07) is 17.5. The van der Waals surface area contributed by atoms with E-state index in [2.05, 4.69) is 0 Å². The monoisotopic (exact) mass is 380 g/mol. The molecule has 1 fully saturated rings. The first-order chi connectivity index (χ1) is 13.2. The van der Waals surface area contributed by atoms with Gasteiger partial charge in [0.25, 0.3) is 5.91 Å². The number of carbonyl (C=O) groups excluding carboxylic acids is 2. The van der Waals surface area contributed by atoms with Crippen molar-refractivity contribution in [3.05, 3.63) is 65.1 Å². The molecule has 2 aliphatic heterocycles. The second kappa shape index (κ2) is 7.98. The van der Waals surface area contributed by atoms with Gasteiger partial charge in [0.15, 0.2) is 0 Å². The molecular formula is C21H20N2O3S. The molecule has 2 aliphatic rings. The molecule has 2 aromatic carbocycles. The highest BCUT2D eigenvalue weighted by Crippen LogP contribution is 2.41. The van der Waals surface area contributed by atoms with Crippen LogP contribution in [0.15, 0.2) is 64.4 Å². The van der Waals surface area contributed by atoms with E-state index in [1.807, 2.05) is 60.7 Å². The highest BCUT2D eigenvalue weighted by molar-refractivity contribution is 8.04. The molecule has 4 rings (SSSR count). The van der Waals surface area contributed by atoms with Crippen LogP contribution in [0.25, 0.3) is 6.08 Å². The minimum atomic E-state index is -0.135. The SMILES string of the molecule is O=C(CN1C(=O)C(=Cc2ccccc2)Sc2ccccc21)N1CCOCC1. The van der Waals surface area contributed by atoms with E-state index in [0.717, 1.165) is 16.1 Å². The molecule has 2 heterocycles. The zero-order valence-electron chi connectivity index (χ0n) is 14.8. The number of thioether (sulfide) groups is 1. The average molecular weight is 380 g/mol. The average Bonchev–Trinajstić information content (AvgIpc) is 2.72. The predicted octanol–water partition coefficient (Wildman–Crippen LogP) is 3.03. The van der Waals surface area contributed by atoms with Crippen LogP contribution in [0.3, 0.4) is 0 Å². The van der Waals surface area contributed by atoms with Crippen molar-refractivity contribution < 1.29 is 14.3 Å². The fourth-order valence-corrected chi connectivity index (χ4v) is 4.23. The Morgan fingerprint density at radius 2 is 1.74 bits per heavy atom. The summed E-state index contributed by atoms with van der Waals surface area (Å²) >= 11 is 1.45. The third kappa shape index (κ3) is 3.91. The van der Waals surface area contributed by atoms with Crippen LogP contribution < -0.4 is 4.90 Å². The van der Waals surface area contributed by atoms with Gasteiger partial charge in [-0.1, -0.05) is 54.2 Å². The molecule has 1 saturated heterocycles. The van der Waals surface area contributed by atoms with E-state index in [4.69, 9.17) is 4.74 Å². The second-order valence-corrected chi connectivity index (χ2v) is 7.46. The van der Waals surface area contributed by atoms with E-state index < -0.39 is 0 Å². The van der Waals surface area contributed by atoms with Crippen LogP contribution in [-0.2, 0) is 14.3 Å². The van der Waals surface area contributed by atoms with Crippen LogP contribution in [-0.4, -0.2) is 49.6 Å². The van der Waals surface area contributed by atoms with Gasteiger partial charge in [0.2, 0.25) is 5.91 Å². The molecular weight excluding hydrogens is 360 g/mol. The smallest absolute Gasteiger partial charge is 0.265 e. The number of hydrogen-bond acceptors (Lipinski definition) is 4. The first-order valence-corrected chi connectivity index (χ1v) is 9.75. The number of fused-ring (bicyclic) bond motifs is 1. The van der Waals surface area contributed by atoms with Crippen molar-refractivity contribution in [3.8, 4) is 0 Å². The van der Waals surface area contributed by atoms with E-state index in [1.54, 1.807) is 9.80 Å². The third-order valence-corrected chi connectivity index (χ3v) is 5.66. The number of rotatable bonds is 3. The summed E-state index contributed by atoms with van der Waals surface area (Å²) in [5, 5.41) is 0. The Bertz CT molecular complexity index is 876. The van der Waals surface area contributed by atoms with Gasteiger partial charge in [0, 0.05) is 18.0 Å². The van der Waals surface area contributed by atoms with E-state index in [0.29, 0.717) is 31.2 Å². The summed E-state index contributed by atoms with van der Waals surface area (Å²) in [5.74, 6) is -0.184. The minimum Gasteiger partial charge on any atom is -0.378 e. The zero-order chi connectivity index (χ0) is 18.6. The predicted molar refractivity (Wildman–Crippen MR) is 106 cm³/mol. The Labute approximate surface area is 162 Å². The van der Waals surface area contributed by atoms with Crippen molar-refractivity contribution in [2.24, 2.45) is 0 Å². The Balaban J connectivity index is 1.63. The molecule has 0 aliphatic carbocycles. The van der Waals surface area contributed by atoms with Crippen LogP contribution in [0.1, 0.15) is 5.56 Å². The summed E-state index contributed by atoms with van der Waals surface area (Å²) in [7, 11) is 0. The molecule has 0 unspecified atom stereocenters. The molecule has 27 heavy (non-hydrogen) atoms. The molecule has 0 N–H and O–H groups in total. The van der Waals surface area contributed by atoms with Gasteiger partial charge in [-0.2, -0.15) is 0 Å². The summed E-state index contributed by atoms with van der Waals surface area (Å²) in [6.07, 6.45) is 1.88. The van der Waals surface area contributed by atoms with Crippen molar-refractivity contribution >= 4 is 35.3 Å². The van der Waals surface area contributed by atoms with Crippen LogP contribution in [0, 0.1) is 0 Å². The first-order valence-electron chi connectivity index (χ1n) is 8.93. The lowest BCUT2D eigenvalue weighted by molar-refractivity contribution is -0.134. The lowest BCUT2D eigenvalue weighted by Gasteiger charge is -2.33. The van der Waals surface area contributed by atoms with Crippen LogP contribution in [0.2, 0.25) is 0 Å². The summed E-state index contributed by atoms with van der Waals surface area (Å²) in [5.41, 5.74) is 1.76. The van der Waals surface area contributed by atoms with Crippen LogP contribution in [0.5, 0.6) is 0 Å². The molecule has 2 aromatic rings. The van der Waals surface area contributed by atoms with E-state index in [1.165, 1.54) is 11.8 Å². The van der Waals surface area contributed by atoms with Gasteiger partial charge >= 0.3 is 0 Å². The molecule has 0 aromatic heterocycles. The number of hydrogen-bond donors (Lipinski definition) is 0. The van der Waals surface area contributed by atoms with E-state index in [9.17, 15) is 9.59 Å². The molecule has 0 spiro atoms. The van der Waals surface area contributed by atoms with Gasteiger partial charge < -0.3 is 9.64 Å². The Kier molecular flexibility index (Phi) is 5.27. The Morgan fingerprint density at radius 3 is 2.52 bits per heavy atom. The topological polar surface area (TPSA) is 49.9 Å². The zero-order valence-corrected chi connectivity index (χ0v) is 15.7. The number of anilines is 1. The highest BCUT2D eigenvalue weighted by atomic mass is 32.2. The van der Waals surface area contributed by atoms with E-state index >= 15 is 0 Å². The quantitative estimate of drug-likeness (QED) is 0.768. The van der Waals surface area contributed by atoms with Crippen molar-refractivity contribution in [1.82, 2.24) is 4.90 Å². The first kappa shape index (κ1) is 17.8. The normalized spacial score (nSPS) is 18.5. The number of benzene rings is 2. The lowest BCUT2D eigenvalue weighted by Crippen LogP contribution is -2.48. The molecule has 0 saturated carbocycles. The van der Waals surface area contributed by atoms with Gasteiger partial charge in [0.05, 0.1) is 23.8 Å². The summed E-state index contributed by atoms with van der Waals surface area (Å²) < 4.78 is 5.31. The van der Waals surface area contributed by atoms with Gasteiger partial charge in [0.1, 0.15) is 6.54 Å². The Morgan fingerprint density at radius 1 is 1.04 bits per heavy atom. The minimum absolute atomic E-state index is 0.0442. The fourth-order valence-electron chi connectivity index (χ4n) is 3.17. The number of para-hydroxylation sites is 1. The highest BCUT2D eigenvalue weighted by Gasteiger charge is 2.31. The van der Waals surface area contributed by atoms with Crippen LogP contribution >= 0.6 is 11.8 Å². The summed E-state index contributed by atoms with van der Waals surface area (Å²) in [4.78, 5) is 30.9. The molecule has 2 amide bonds. The maximum absolute atomic E-state index is 13.2. The molecule has 0 atom stereocenters. The molecule has 0 radical (unpaired) electrons. The van der Waals surface area contributed by atoms with Crippen molar-refractivity contribution in [1.29, 1.82) is 0 Å². The number of morpholine rings is 1. The lowest BCUT2D eigenvalue weighted by atomic mass is 10.2. The van der Waals surface area contributed by atoms with Crippen molar-refractivity contribution in [2.75, 3.05) is 37.7 Å². The molecule has 138 valence electrons. The van der Waals surface area contributed by atoms with E-state index in [-0.39, 0.29) is 18.4 Å². The van der Waals surface area contributed by atoms with Gasteiger partial charge in [-0.25, -0.2) is 0 Å². The van der Waals surface area contributed by atoms with Crippen molar-refractivity contribution in [2.45, 2.75) is 4.90 Å². The molecule has 6 heteroatoms. The number of nitrogens with zero attached hydrogens (tertiary/aromatic N) is 2. The molecule has 0 bridgehead atoms. The third-order valence-electron chi connectivity index (χ3n) is 4.59. The largest absolute Gasteiger partial charge is 0.378 e. The summed E-state index contributed by atoms with van der Waals surface area (Å²) in [6.45, 7) is 2.28. The fraction of sp³-hybridized carbons (Fsp3) is 0.238. The number of amides is 2. The molecule has 5 nitrogen and oxygen atoms in total. The van der Waals surface area contributed by atoms with Gasteiger partial charge in [-0.15, -0.1) is 0 Å². The maximum atomic E-state index is 13.2. The van der Waals surface area contributed by atoms with Crippen molar-refractivity contribution in [3.63, 3.8) is 0 Å². The maximum Gasteiger partial charge on any atom is 0.265 e.